The Morgan fingerprint density at radius 3 is 2.42 bits per heavy atom. The molecule has 0 fully saturated rings. The molecule has 174 valence electrons. The third-order valence-corrected chi connectivity index (χ3v) is 6.57. The molecule has 5 nitrogen and oxygen atoms in total. The van der Waals surface area contributed by atoms with Crippen LogP contribution in [0, 0.1) is 6.92 Å². The van der Waals surface area contributed by atoms with E-state index < -0.39 is 6.04 Å². The quantitative estimate of drug-likeness (QED) is 0.386. The molecule has 0 spiro atoms. The summed E-state index contributed by atoms with van der Waals surface area (Å²) in [5, 5.41) is 0.894. The number of carbonyl (C=O) groups is 1. The van der Waals surface area contributed by atoms with Crippen molar-refractivity contribution in [3.8, 4) is 0 Å². The van der Waals surface area contributed by atoms with Crippen molar-refractivity contribution in [3.05, 3.63) is 79.7 Å². The molecule has 4 rings (SSSR count). The Balaban J connectivity index is 1.82. The second-order valence-corrected chi connectivity index (χ2v) is 9.67. The van der Waals surface area contributed by atoms with Crippen LogP contribution in [-0.2, 0) is 4.74 Å². The molecule has 0 radical (unpaired) electrons. The second kappa shape index (κ2) is 9.32. The van der Waals surface area contributed by atoms with Crippen LogP contribution in [0.5, 0.6) is 0 Å². The van der Waals surface area contributed by atoms with Crippen LogP contribution in [0.25, 0.3) is 11.0 Å². The molecule has 1 aliphatic rings. The van der Waals surface area contributed by atoms with E-state index in [0.29, 0.717) is 47.0 Å². The molecule has 0 N–H and O–H groups in total. The van der Waals surface area contributed by atoms with Gasteiger partial charge in [0.15, 0.2) is 5.43 Å². The van der Waals surface area contributed by atoms with Crippen LogP contribution in [-0.4, -0.2) is 30.1 Å². The smallest absolute Gasteiger partial charge is 0.290 e. The first kappa shape index (κ1) is 23.5. The third-order valence-electron chi connectivity index (χ3n) is 6.16. The van der Waals surface area contributed by atoms with Crippen LogP contribution in [0.15, 0.2) is 45.6 Å². The van der Waals surface area contributed by atoms with Crippen LogP contribution < -0.4 is 5.43 Å². The van der Waals surface area contributed by atoms with Gasteiger partial charge in [0.2, 0.25) is 5.76 Å². The van der Waals surface area contributed by atoms with Gasteiger partial charge in [0.05, 0.1) is 23.1 Å². The van der Waals surface area contributed by atoms with Crippen LogP contribution in [0.4, 0.5) is 0 Å². The maximum absolute atomic E-state index is 13.6. The van der Waals surface area contributed by atoms with E-state index in [0.717, 1.165) is 11.1 Å². The Hall–Kier alpha value is -2.63. The Kier molecular flexibility index (Phi) is 6.64. The zero-order valence-corrected chi connectivity index (χ0v) is 20.5. The van der Waals surface area contributed by atoms with Crippen LogP contribution >= 0.6 is 11.6 Å². The number of halogens is 1. The predicted octanol–water partition coefficient (Wildman–Crippen LogP) is 6.24. The van der Waals surface area contributed by atoms with E-state index in [2.05, 4.69) is 26.0 Å². The number of rotatable bonds is 7. The third kappa shape index (κ3) is 4.44. The molecular formula is C27H30ClNO4. The van der Waals surface area contributed by atoms with E-state index in [-0.39, 0.29) is 23.2 Å². The van der Waals surface area contributed by atoms with Gasteiger partial charge in [-0.25, -0.2) is 0 Å². The number of hydrogen-bond acceptors (Lipinski definition) is 4. The molecule has 2 aromatic carbocycles. The van der Waals surface area contributed by atoms with Crippen molar-refractivity contribution in [3.63, 3.8) is 0 Å². The van der Waals surface area contributed by atoms with E-state index in [4.69, 9.17) is 20.8 Å². The first-order chi connectivity index (χ1) is 15.7. The van der Waals surface area contributed by atoms with E-state index in [1.807, 2.05) is 32.9 Å². The molecule has 1 amide bonds. The average molecular weight is 468 g/mol. The normalized spacial score (nSPS) is 15.8. The maximum atomic E-state index is 13.6. The number of hydrogen-bond donors (Lipinski definition) is 0. The first-order valence-corrected chi connectivity index (χ1v) is 11.9. The highest BCUT2D eigenvalue weighted by molar-refractivity contribution is 6.32. The van der Waals surface area contributed by atoms with E-state index in [9.17, 15) is 9.59 Å². The fraction of sp³-hybridized carbons (Fsp3) is 0.407. The topological polar surface area (TPSA) is 59.8 Å². The maximum Gasteiger partial charge on any atom is 0.290 e. The Bertz CT molecular complexity index is 1240. The molecule has 1 unspecified atom stereocenters. The predicted molar refractivity (Wildman–Crippen MR) is 131 cm³/mol. The summed E-state index contributed by atoms with van der Waals surface area (Å²) in [5.41, 5.74) is 3.44. The summed E-state index contributed by atoms with van der Waals surface area (Å²) >= 11 is 6.31. The van der Waals surface area contributed by atoms with Crippen molar-refractivity contribution in [2.75, 3.05) is 13.2 Å². The van der Waals surface area contributed by atoms with Crippen LogP contribution in [0.1, 0.15) is 78.9 Å². The molecule has 0 aliphatic carbocycles. The largest absolute Gasteiger partial charge is 0.450 e. The lowest BCUT2D eigenvalue weighted by Crippen LogP contribution is -2.31. The van der Waals surface area contributed by atoms with Gasteiger partial charge in [-0.1, -0.05) is 49.7 Å². The Morgan fingerprint density at radius 1 is 1.09 bits per heavy atom. The second-order valence-electron chi connectivity index (χ2n) is 9.27. The van der Waals surface area contributed by atoms with Crippen molar-refractivity contribution in [1.82, 2.24) is 4.90 Å². The summed E-state index contributed by atoms with van der Waals surface area (Å²) in [6.45, 7) is 11.1. The van der Waals surface area contributed by atoms with Gasteiger partial charge in [0.1, 0.15) is 5.58 Å². The minimum atomic E-state index is -0.506. The van der Waals surface area contributed by atoms with Crippen molar-refractivity contribution in [2.45, 2.75) is 59.1 Å². The first-order valence-electron chi connectivity index (χ1n) is 11.5. The van der Waals surface area contributed by atoms with Crippen molar-refractivity contribution >= 4 is 28.5 Å². The van der Waals surface area contributed by atoms with Crippen molar-refractivity contribution < 1.29 is 13.9 Å². The molecule has 1 aromatic heterocycles. The molecule has 0 saturated heterocycles. The SMILES string of the molecule is Cc1cc2oc3c(c(=O)c2cc1Cl)C(c1ccc(C(C)C)cc1)N(CCCOC(C)C)C3=O. The molecule has 1 atom stereocenters. The summed E-state index contributed by atoms with van der Waals surface area (Å²) in [5.74, 6) is 0.247. The number of benzene rings is 2. The lowest BCUT2D eigenvalue weighted by Gasteiger charge is -2.25. The monoisotopic (exact) mass is 467 g/mol. The van der Waals surface area contributed by atoms with Gasteiger partial charge >= 0.3 is 0 Å². The summed E-state index contributed by atoms with van der Waals surface area (Å²) in [6.07, 6.45) is 0.786. The molecule has 2 heterocycles. The molecule has 33 heavy (non-hydrogen) atoms. The molecule has 3 aromatic rings. The zero-order chi connectivity index (χ0) is 23.9. The van der Waals surface area contributed by atoms with Crippen LogP contribution in [0.2, 0.25) is 5.02 Å². The fourth-order valence-corrected chi connectivity index (χ4v) is 4.50. The number of nitrogens with zero attached hydrogens (tertiary/aromatic N) is 1. The van der Waals surface area contributed by atoms with E-state index in [1.165, 1.54) is 5.56 Å². The minimum Gasteiger partial charge on any atom is -0.450 e. The lowest BCUT2D eigenvalue weighted by atomic mass is 9.95. The fourth-order valence-electron chi connectivity index (χ4n) is 4.34. The highest BCUT2D eigenvalue weighted by Gasteiger charge is 2.42. The molecular weight excluding hydrogens is 438 g/mol. The van der Waals surface area contributed by atoms with Gasteiger partial charge in [0.25, 0.3) is 5.91 Å². The van der Waals surface area contributed by atoms with Gasteiger partial charge in [-0.3, -0.25) is 9.59 Å². The molecule has 0 saturated carbocycles. The summed E-state index contributed by atoms with van der Waals surface area (Å²) in [6, 6.07) is 11.0. The lowest BCUT2D eigenvalue weighted by molar-refractivity contribution is 0.0593. The number of carbonyl (C=O) groups excluding carboxylic acids is 1. The van der Waals surface area contributed by atoms with Gasteiger partial charge < -0.3 is 14.1 Å². The number of aryl methyl sites for hydroxylation is 1. The summed E-state index contributed by atoms with van der Waals surface area (Å²) in [7, 11) is 0. The molecule has 0 bridgehead atoms. The minimum absolute atomic E-state index is 0.122. The molecule has 1 aliphatic heterocycles. The van der Waals surface area contributed by atoms with E-state index >= 15 is 0 Å². The van der Waals surface area contributed by atoms with Gasteiger partial charge in [0, 0.05) is 18.2 Å². The number of amides is 1. The van der Waals surface area contributed by atoms with Crippen LogP contribution in [0.3, 0.4) is 0 Å². The number of ether oxygens (including phenoxy) is 1. The highest BCUT2D eigenvalue weighted by atomic mass is 35.5. The van der Waals surface area contributed by atoms with Crippen molar-refractivity contribution in [1.29, 1.82) is 0 Å². The standard InChI is InChI=1S/C27H30ClNO4/c1-15(2)18-7-9-19(10-8-18)24-23-25(30)20-14-21(28)17(5)13-22(20)33-26(23)27(31)29(24)11-6-12-32-16(3)4/h7-10,13-16,24H,6,11-12H2,1-5H3. The van der Waals surface area contributed by atoms with E-state index in [1.54, 1.807) is 17.0 Å². The zero-order valence-electron chi connectivity index (χ0n) is 19.8. The summed E-state index contributed by atoms with van der Waals surface area (Å²) in [4.78, 5) is 28.8. The van der Waals surface area contributed by atoms with Gasteiger partial charge in [-0.15, -0.1) is 0 Å². The van der Waals surface area contributed by atoms with Crippen molar-refractivity contribution in [2.24, 2.45) is 0 Å². The average Bonchev–Trinajstić information content (AvgIpc) is 3.04. The van der Waals surface area contributed by atoms with Gasteiger partial charge in [-0.05, 0) is 61.9 Å². The van der Waals surface area contributed by atoms with Gasteiger partial charge in [-0.2, -0.15) is 0 Å². The highest BCUT2D eigenvalue weighted by Crippen LogP contribution is 2.39. The Labute approximate surface area is 199 Å². The summed E-state index contributed by atoms with van der Waals surface area (Å²) < 4.78 is 11.7. The number of fused-ring (bicyclic) bond motifs is 2. The molecule has 6 heteroatoms. The Morgan fingerprint density at radius 2 is 1.79 bits per heavy atom.